The van der Waals surface area contributed by atoms with Crippen molar-refractivity contribution in [1.29, 1.82) is 0 Å². The summed E-state index contributed by atoms with van der Waals surface area (Å²) >= 11 is 0. The molecule has 0 saturated heterocycles. The Kier molecular flexibility index (Phi) is 7.23. The van der Waals surface area contributed by atoms with Crippen molar-refractivity contribution >= 4 is 27.3 Å². The van der Waals surface area contributed by atoms with E-state index in [0.717, 1.165) is 44.3 Å². The molecule has 2 rings (SSSR count). The number of unbranched alkanes of at least 4 members (excludes halogenated alkanes) is 1. The third-order valence-corrected chi connectivity index (χ3v) is 6.32. The van der Waals surface area contributed by atoms with Crippen LogP contribution in [0.25, 0.3) is 0 Å². The molecule has 26 heavy (non-hydrogen) atoms. The largest absolute Gasteiger partial charge is 0.383 e. The van der Waals surface area contributed by atoms with Gasteiger partial charge in [0.05, 0.1) is 16.3 Å². The zero-order chi connectivity index (χ0) is 19.2. The van der Waals surface area contributed by atoms with Crippen molar-refractivity contribution in [2.75, 3.05) is 31.3 Å². The summed E-state index contributed by atoms with van der Waals surface area (Å²) in [5.41, 5.74) is 1.26. The molecular formula is C19H29N3O3S. The summed E-state index contributed by atoms with van der Waals surface area (Å²) in [7, 11) is -0.568. The molecule has 0 bridgehead atoms. The van der Waals surface area contributed by atoms with Crippen LogP contribution in [-0.2, 0) is 14.8 Å². The van der Waals surface area contributed by atoms with Crippen LogP contribution in [0.4, 0.5) is 11.4 Å². The quantitative estimate of drug-likeness (QED) is 0.536. The lowest BCUT2D eigenvalue weighted by Gasteiger charge is -2.20. The van der Waals surface area contributed by atoms with E-state index in [1.165, 1.54) is 18.4 Å². The van der Waals surface area contributed by atoms with Crippen molar-refractivity contribution in [2.24, 2.45) is 5.92 Å². The second kappa shape index (κ2) is 9.19. The number of anilines is 2. The predicted molar refractivity (Wildman–Crippen MR) is 106 cm³/mol. The fourth-order valence-corrected chi connectivity index (χ4v) is 3.75. The molecule has 1 aromatic carbocycles. The third-order valence-electron chi connectivity index (χ3n) is 4.51. The van der Waals surface area contributed by atoms with E-state index in [0.29, 0.717) is 5.69 Å². The van der Waals surface area contributed by atoms with E-state index in [9.17, 15) is 13.2 Å². The first-order valence-corrected chi connectivity index (χ1v) is 10.6. The molecule has 0 radical (unpaired) electrons. The van der Waals surface area contributed by atoms with Gasteiger partial charge in [0.15, 0.2) is 0 Å². The molecular weight excluding hydrogens is 350 g/mol. The van der Waals surface area contributed by atoms with Crippen molar-refractivity contribution in [2.45, 2.75) is 43.9 Å². The normalized spacial score (nSPS) is 17.3. The summed E-state index contributed by atoms with van der Waals surface area (Å²) in [5, 5.41) is 6.23. The van der Waals surface area contributed by atoms with Gasteiger partial charge in [0, 0.05) is 26.6 Å². The lowest BCUT2D eigenvalue weighted by atomic mass is 9.93. The number of hydrogen-bond acceptors (Lipinski definition) is 4. The molecule has 7 heteroatoms. The molecule has 0 heterocycles. The molecule has 0 saturated carbocycles. The Hall–Kier alpha value is -1.86. The lowest BCUT2D eigenvalue weighted by molar-refractivity contribution is -0.120. The van der Waals surface area contributed by atoms with Gasteiger partial charge in [-0.2, -0.15) is 0 Å². The number of nitrogens with zero attached hydrogens (tertiary/aromatic N) is 1. The SMILES string of the molecule is CCCCNc1ccc(S(=O)(=O)N(C)C)cc1NC(=O)[C@@H]1CC=CCC1. The zero-order valence-electron chi connectivity index (χ0n) is 15.8. The number of amides is 1. The smallest absolute Gasteiger partial charge is 0.242 e. The number of carbonyl (C=O) groups excluding carboxylic acids is 1. The van der Waals surface area contributed by atoms with Crippen LogP contribution in [0, 0.1) is 5.92 Å². The van der Waals surface area contributed by atoms with Crippen LogP contribution in [0.3, 0.4) is 0 Å². The van der Waals surface area contributed by atoms with E-state index in [2.05, 4.69) is 23.6 Å². The van der Waals surface area contributed by atoms with Crippen molar-refractivity contribution in [3.63, 3.8) is 0 Å². The number of hydrogen-bond donors (Lipinski definition) is 2. The van der Waals surface area contributed by atoms with Gasteiger partial charge in [-0.15, -0.1) is 0 Å². The van der Waals surface area contributed by atoms with Crippen LogP contribution in [-0.4, -0.2) is 39.3 Å². The molecule has 1 amide bonds. The van der Waals surface area contributed by atoms with E-state index >= 15 is 0 Å². The molecule has 0 spiro atoms. The first-order chi connectivity index (χ1) is 12.4. The van der Waals surface area contributed by atoms with Gasteiger partial charge in [-0.3, -0.25) is 4.79 Å². The molecule has 1 aliphatic rings. The second-order valence-electron chi connectivity index (χ2n) is 6.75. The predicted octanol–water partition coefficient (Wildman–Crippen LogP) is 3.44. The minimum absolute atomic E-state index is 0.0627. The van der Waals surface area contributed by atoms with Crippen LogP contribution >= 0.6 is 0 Å². The van der Waals surface area contributed by atoms with E-state index in [4.69, 9.17) is 0 Å². The summed E-state index contributed by atoms with van der Waals surface area (Å²) in [6.45, 7) is 2.87. The maximum absolute atomic E-state index is 12.6. The Morgan fingerprint density at radius 1 is 1.23 bits per heavy atom. The number of sulfonamides is 1. The highest BCUT2D eigenvalue weighted by molar-refractivity contribution is 7.89. The van der Waals surface area contributed by atoms with Crippen molar-refractivity contribution in [1.82, 2.24) is 4.31 Å². The number of carbonyl (C=O) groups is 1. The maximum Gasteiger partial charge on any atom is 0.242 e. The standard InChI is InChI=1S/C19H29N3O3S/c1-4-5-13-20-17-12-11-16(26(24,25)22(2)3)14-18(17)21-19(23)15-9-7-6-8-10-15/h6-7,11-12,14-15,20H,4-5,8-10,13H2,1-3H3,(H,21,23)/t15-/m1/s1. The number of allylic oxidation sites excluding steroid dienone is 2. The van der Waals surface area contributed by atoms with Crippen LogP contribution in [0.5, 0.6) is 0 Å². The average molecular weight is 380 g/mol. The highest BCUT2D eigenvalue weighted by Crippen LogP contribution is 2.28. The number of rotatable bonds is 8. The summed E-state index contributed by atoms with van der Waals surface area (Å²) in [6, 6.07) is 4.84. The molecule has 1 aliphatic carbocycles. The van der Waals surface area contributed by atoms with Gasteiger partial charge in [0.25, 0.3) is 0 Å². The molecule has 1 atom stereocenters. The first kappa shape index (κ1) is 20.5. The Balaban J connectivity index is 2.28. The molecule has 0 unspecified atom stereocenters. The van der Waals surface area contributed by atoms with Gasteiger partial charge in [0.1, 0.15) is 0 Å². The van der Waals surface area contributed by atoms with Gasteiger partial charge in [-0.25, -0.2) is 12.7 Å². The Morgan fingerprint density at radius 2 is 2.00 bits per heavy atom. The Bertz CT molecular complexity index is 757. The average Bonchev–Trinajstić information content (AvgIpc) is 2.63. The monoisotopic (exact) mass is 379 g/mol. The molecule has 144 valence electrons. The summed E-state index contributed by atoms with van der Waals surface area (Å²) in [5.74, 6) is -0.134. The number of benzene rings is 1. The van der Waals surface area contributed by atoms with Crippen molar-refractivity contribution in [3.05, 3.63) is 30.4 Å². The van der Waals surface area contributed by atoms with Crippen molar-refractivity contribution < 1.29 is 13.2 Å². The molecule has 6 nitrogen and oxygen atoms in total. The molecule has 1 aromatic rings. The van der Waals surface area contributed by atoms with E-state index < -0.39 is 10.0 Å². The van der Waals surface area contributed by atoms with Crippen LogP contribution in [0.1, 0.15) is 39.0 Å². The van der Waals surface area contributed by atoms with Crippen LogP contribution in [0.15, 0.2) is 35.2 Å². The van der Waals surface area contributed by atoms with E-state index in [-0.39, 0.29) is 16.7 Å². The Morgan fingerprint density at radius 3 is 2.62 bits per heavy atom. The topological polar surface area (TPSA) is 78.5 Å². The molecule has 0 aliphatic heterocycles. The summed E-state index contributed by atoms with van der Waals surface area (Å²) < 4.78 is 26.0. The highest BCUT2D eigenvalue weighted by Gasteiger charge is 2.22. The first-order valence-electron chi connectivity index (χ1n) is 9.12. The summed E-state index contributed by atoms with van der Waals surface area (Å²) in [6.07, 6.45) is 8.60. The van der Waals surface area contributed by atoms with Gasteiger partial charge < -0.3 is 10.6 Å². The van der Waals surface area contributed by atoms with Gasteiger partial charge >= 0.3 is 0 Å². The third kappa shape index (κ3) is 5.08. The molecule has 2 N–H and O–H groups in total. The summed E-state index contributed by atoms with van der Waals surface area (Å²) in [4.78, 5) is 12.8. The van der Waals surface area contributed by atoms with Gasteiger partial charge in [0.2, 0.25) is 15.9 Å². The number of nitrogens with one attached hydrogen (secondary N) is 2. The maximum atomic E-state index is 12.6. The minimum atomic E-state index is -3.56. The minimum Gasteiger partial charge on any atom is -0.383 e. The molecule has 0 aromatic heterocycles. The van der Waals surface area contributed by atoms with Gasteiger partial charge in [-0.1, -0.05) is 25.5 Å². The lowest BCUT2D eigenvalue weighted by Crippen LogP contribution is -2.25. The second-order valence-corrected chi connectivity index (χ2v) is 8.90. The fourth-order valence-electron chi connectivity index (χ4n) is 2.82. The van der Waals surface area contributed by atoms with Crippen molar-refractivity contribution in [3.8, 4) is 0 Å². The fraction of sp³-hybridized carbons (Fsp3) is 0.526. The van der Waals surface area contributed by atoms with Crippen LogP contribution < -0.4 is 10.6 Å². The van der Waals surface area contributed by atoms with E-state index in [1.807, 2.05) is 6.08 Å². The van der Waals surface area contributed by atoms with Crippen LogP contribution in [0.2, 0.25) is 0 Å². The van der Waals surface area contributed by atoms with E-state index in [1.54, 1.807) is 18.2 Å². The zero-order valence-corrected chi connectivity index (χ0v) is 16.6. The molecule has 0 fully saturated rings. The van der Waals surface area contributed by atoms with Gasteiger partial charge in [-0.05, 0) is 43.9 Å². The highest BCUT2D eigenvalue weighted by atomic mass is 32.2. The Labute approximate surface area is 156 Å².